The molecule has 0 radical (unpaired) electrons. The standard InChI is InChI=1S/C15H16BrNO2/c16-10-9-12-3-5-13(6-4-12)17-15(18)8-7-14-2-1-11-19-14/h1-6,11H,7-10H2,(H,17,18). The normalized spacial score (nSPS) is 10.4. The Morgan fingerprint density at radius 2 is 1.95 bits per heavy atom. The molecule has 0 aliphatic heterocycles. The second-order valence-corrected chi connectivity index (χ2v) is 5.06. The number of anilines is 1. The first kappa shape index (κ1) is 13.9. The number of rotatable bonds is 6. The average Bonchev–Trinajstić information content (AvgIpc) is 2.92. The summed E-state index contributed by atoms with van der Waals surface area (Å²) in [4.78, 5) is 11.8. The van der Waals surface area contributed by atoms with E-state index in [1.54, 1.807) is 6.26 Å². The molecule has 0 saturated heterocycles. The molecule has 0 aliphatic rings. The Bertz CT molecular complexity index is 505. The summed E-state index contributed by atoms with van der Waals surface area (Å²) in [7, 11) is 0. The van der Waals surface area contributed by atoms with Crippen molar-refractivity contribution in [3.05, 3.63) is 54.0 Å². The Morgan fingerprint density at radius 3 is 2.58 bits per heavy atom. The van der Waals surface area contributed by atoms with Gasteiger partial charge in [-0.05, 0) is 36.2 Å². The molecule has 1 aromatic carbocycles. The first-order chi connectivity index (χ1) is 9.28. The number of furan rings is 1. The second kappa shape index (κ2) is 7.14. The molecule has 0 unspecified atom stereocenters. The molecular formula is C15H16BrNO2. The molecule has 0 bridgehead atoms. The van der Waals surface area contributed by atoms with Crippen molar-refractivity contribution in [1.82, 2.24) is 0 Å². The predicted octanol–water partition coefficient (Wildman–Crippen LogP) is 3.79. The van der Waals surface area contributed by atoms with E-state index in [0.717, 1.165) is 23.2 Å². The van der Waals surface area contributed by atoms with E-state index in [-0.39, 0.29) is 5.91 Å². The van der Waals surface area contributed by atoms with E-state index in [0.29, 0.717) is 12.8 Å². The molecule has 0 spiro atoms. The maximum absolute atomic E-state index is 11.8. The van der Waals surface area contributed by atoms with Crippen LogP contribution in [0.15, 0.2) is 47.1 Å². The number of carbonyl (C=O) groups is 1. The number of aryl methyl sites for hydroxylation is 2. The second-order valence-electron chi connectivity index (χ2n) is 4.26. The SMILES string of the molecule is O=C(CCc1ccco1)Nc1ccc(CCBr)cc1. The fourth-order valence-corrected chi connectivity index (χ4v) is 2.24. The molecule has 1 amide bonds. The Kier molecular flexibility index (Phi) is 5.21. The third-order valence-electron chi connectivity index (χ3n) is 2.80. The molecule has 0 atom stereocenters. The van der Waals surface area contributed by atoms with E-state index in [9.17, 15) is 4.79 Å². The van der Waals surface area contributed by atoms with E-state index in [1.165, 1.54) is 5.56 Å². The topological polar surface area (TPSA) is 42.2 Å². The van der Waals surface area contributed by atoms with E-state index in [4.69, 9.17) is 4.42 Å². The van der Waals surface area contributed by atoms with E-state index in [2.05, 4.69) is 21.2 Å². The molecule has 2 rings (SSSR count). The number of nitrogens with one attached hydrogen (secondary N) is 1. The molecule has 0 fully saturated rings. The van der Waals surface area contributed by atoms with Crippen LogP contribution < -0.4 is 5.32 Å². The van der Waals surface area contributed by atoms with Crippen molar-refractivity contribution in [2.24, 2.45) is 0 Å². The number of halogens is 1. The van der Waals surface area contributed by atoms with Crippen molar-refractivity contribution in [3.8, 4) is 0 Å². The van der Waals surface area contributed by atoms with Crippen LogP contribution in [0.25, 0.3) is 0 Å². The highest BCUT2D eigenvalue weighted by atomic mass is 79.9. The van der Waals surface area contributed by atoms with Gasteiger partial charge >= 0.3 is 0 Å². The molecule has 1 aromatic heterocycles. The highest BCUT2D eigenvalue weighted by Gasteiger charge is 2.04. The van der Waals surface area contributed by atoms with Crippen molar-refractivity contribution >= 4 is 27.5 Å². The smallest absolute Gasteiger partial charge is 0.224 e. The summed E-state index contributed by atoms with van der Waals surface area (Å²) in [6.07, 6.45) is 3.67. The Balaban J connectivity index is 1.81. The van der Waals surface area contributed by atoms with Crippen molar-refractivity contribution in [2.75, 3.05) is 10.6 Å². The molecule has 1 heterocycles. The lowest BCUT2D eigenvalue weighted by Crippen LogP contribution is -2.12. The van der Waals surface area contributed by atoms with Crippen LogP contribution in [0.5, 0.6) is 0 Å². The van der Waals surface area contributed by atoms with Crippen LogP contribution in [0.3, 0.4) is 0 Å². The van der Waals surface area contributed by atoms with Crippen LogP contribution in [0.1, 0.15) is 17.7 Å². The van der Waals surface area contributed by atoms with Gasteiger partial charge in [0.2, 0.25) is 5.91 Å². The summed E-state index contributed by atoms with van der Waals surface area (Å²) in [5, 5.41) is 3.83. The zero-order valence-electron chi connectivity index (χ0n) is 10.6. The fraction of sp³-hybridized carbons (Fsp3) is 0.267. The van der Waals surface area contributed by atoms with Gasteiger partial charge in [0.1, 0.15) is 5.76 Å². The monoisotopic (exact) mass is 321 g/mol. The van der Waals surface area contributed by atoms with E-state index in [1.807, 2.05) is 36.4 Å². The minimum atomic E-state index is 0.00430. The fourth-order valence-electron chi connectivity index (χ4n) is 1.78. The van der Waals surface area contributed by atoms with Crippen LogP contribution >= 0.6 is 15.9 Å². The van der Waals surface area contributed by atoms with Crippen LogP contribution in [0.4, 0.5) is 5.69 Å². The Hall–Kier alpha value is -1.55. The van der Waals surface area contributed by atoms with Crippen LogP contribution in [0, 0.1) is 0 Å². The quantitative estimate of drug-likeness (QED) is 0.822. The van der Waals surface area contributed by atoms with Crippen molar-refractivity contribution < 1.29 is 9.21 Å². The van der Waals surface area contributed by atoms with Gasteiger partial charge in [0.15, 0.2) is 0 Å². The zero-order chi connectivity index (χ0) is 13.5. The van der Waals surface area contributed by atoms with Gasteiger partial charge in [0, 0.05) is 23.9 Å². The van der Waals surface area contributed by atoms with Gasteiger partial charge in [0.05, 0.1) is 6.26 Å². The maximum Gasteiger partial charge on any atom is 0.224 e. The lowest BCUT2D eigenvalue weighted by atomic mass is 10.1. The molecular weight excluding hydrogens is 306 g/mol. The first-order valence-corrected chi connectivity index (χ1v) is 7.37. The van der Waals surface area contributed by atoms with Gasteiger partial charge in [-0.15, -0.1) is 0 Å². The van der Waals surface area contributed by atoms with Gasteiger partial charge in [0.25, 0.3) is 0 Å². The minimum Gasteiger partial charge on any atom is -0.469 e. The van der Waals surface area contributed by atoms with Crippen LogP contribution in [-0.2, 0) is 17.6 Å². The Morgan fingerprint density at radius 1 is 1.16 bits per heavy atom. The number of alkyl halides is 1. The summed E-state index contributed by atoms with van der Waals surface area (Å²) in [6, 6.07) is 11.6. The van der Waals surface area contributed by atoms with Gasteiger partial charge in [-0.25, -0.2) is 0 Å². The van der Waals surface area contributed by atoms with Crippen LogP contribution in [0.2, 0.25) is 0 Å². The van der Waals surface area contributed by atoms with Gasteiger partial charge in [-0.2, -0.15) is 0 Å². The molecule has 0 saturated carbocycles. The third kappa shape index (κ3) is 4.56. The number of hydrogen-bond acceptors (Lipinski definition) is 2. The summed E-state index contributed by atoms with van der Waals surface area (Å²) >= 11 is 3.41. The molecule has 100 valence electrons. The number of benzene rings is 1. The minimum absolute atomic E-state index is 0.00430. The van der Waals surface area contributed by atoms with E-state index < -0.39 is 0 Å². The zero-order valence-corrected chi connectivity index (χ0v) is 12.2. The van der Waals surface area contributed by atoms with E-state index >= 15 is 0 Å². The first-order valence-electron chi connectivity index (χ1n) is 6.25. The highest BCUT2D eigenvalue weighted by molar-refractivity contribution is 9.09. The summed E-state index contributed by atoms with van der Waals surface area (Å²) in [5.41, 5.74) is 2.09. The molecule has 3 nitrogen and oxygen atoms in total. The maximum atomic E-state index is 11.8. The largest absolute Gasteiger partial charge is 0.469 e. The molecule has 19 heavy (non-hydrogen) atoms. The summed E-state index contributed by atoms with van der Waals surface area (Å²) in [6.45, 7) is 0. The third-order valence-corrected chi connectivity index (χ3v) is 3.20. The van der Waals surface area contributed by atoms with Crippen molar-refractivity contribution in [1.29, 1.82) is 0 Å². The van der Waals surface area contributed by atoms with Crippen molar-refractivity contribution in [2.45, 2.75) is 19.3 Å². The average molecular weight is 322 g/mol. The highest BCUT2D eigenvalue weighted by Crippen LogP contribution is 2.12. The van der Waals surface area contributed by atoms with Gasteiger partial charge in [-0.3, -0.25) is 4.79 Å². The summed E-state index contributed by atoms with van der Waals surface area (Å²) in [5.74, 6) is 0.840. The van der Waals surface area contributed by atoms with Gasteiger partial charge < -0.3 is 9.73 Å². The predicted molar refractivity (Wildman–Crippen MR) is 79.6 cm³/mol. The number of carbonyl (C=O) groups excluding carboxylic acids is 1. The summed E-state index contributed by atoms with van der Waals surface area (Å²) < 4.78 is 5.19. The van der Waals surface area contributed by atoms with Crippen LogP contribution in [-0.4, -0.2) is 11.2 Å². The lowest BCUT2D eigenvalue weighted by Gasteiger charge is -2.05. The molecule has 2 aromatic rings. The Labute approximate surface area is 121 Å². The number of amides is 1. The van der Waals surface area contributed by atoms with Gasteiger partial charge in [-0.1, -0.05) is 28.1 Å². The van der Waals surface area contributed by atoms with Crippen molar-refractivity contribution in [3.63, 3.8) is 0 Å². The lowest BCUT2D eigenvalue weighted by molar-refractivity contribution is -0.116. The number of hydrogen-bond donors (Lipinski definition) is 1. The molecule has 4 heteroatoms. The molecule has 1 N–H and O–H groups in total. The molecule has 0 aliphatic carbocycles.